The fraction of sp³-hybridized carbons (Fsp3) is 0.143. The Labute approximate surface area is 112 Å². The van der Waals surface area contributed by atoms with Gasteiger partial charge in [0.2, 0.25) is 0 Å². The Hall–Kier alpha value is -1.55. The van der Waals surface area contributed by atoms with Gasteiger partial charge in [0.1, 0.15) is 5.82 Å². The summed E-state index contributed by atoms with van der Waals surface area (Å²) < 4.78 is 51.6. The molecule has 0 bridgehead atoms. The van der Waals surface area contributed by atoms with Crippen molar-refractivity contribution in [3.8, 4) is 0 Å². The molecule has 0 aliphatic carbocycles. The highest BCUT2D eigenvalue weighted by molar-refractivity contribution is 6.22. The van der Waals surface area contributed by atoms with E-state index in [4.69, 9.17) is 11.6 Å². The van der Waals surface area contributed by atoms with Crippen LogP contribution in [0.4, 0.5) is 17.6 Å². The molecule has 0 aliphatic heterocycles. The average molecular weight is 289 g/mol. The van der Waals surface area contributed by atoms with Crippen LogP contribution in [0.2, 0.25) is 0 Å². The zero-order valence-electron chi connectivity index (χ0n) is 9.59. The fourth-order valence-corrected chi connectivity index (χ4v) is 2.13. The van der Waals surface area contributed by atoms with Crippen molar-refractivity contribution in [3.63, 3.8) is 0 Å². The monoisotopic (exact) mass is 288 g/mol. The molecule has 1 atom stereocenters. The molecule has 1 unspecified atom stereocenters. The molecule has 0 amide bonds. The van der Waals surface area contributed by atoms with Gasteiger partial charge in [-0.2, -0.15) is 13.2 Å². The topological polar surface area (TPSA) is 0 Å². The maximum Gasteiger partial charge on any atom is 0.416 e. The Balaban J connectivity index is 2.51. The minimum absolute atomic E-state index is 0.151. The molecule has 19 heavy (non-hydrogen) atoms. The van der Waals surface area contributed by atoms with Gasteiger partial charge in [-0.15, -0.1) is 11.6 Å². The van der Waals surface area contributed by atoms with Crippen molar-refractivity contribution >= 4 is 11.6 Å². The predicted molar refractivity (Wildman–Crippen MR) is 65.5 cm³/mol. The van der Waals surface area contributed by atoms with Crippen LogP contribution < -0.4 is 0 Å². The third kappa shape index (κ3) is 3.07. The molecule has 0 radical (unpaired) electrons. The molecule has 5 heteroatoms. The van der Waals surface area contributed by atoms with Crippen LogP contribution in [0.3, 0.4) is 0 Å². The highest BCUT2D eigenvalue weighted by Gasteiger charge is 2.35. The molecule has 2 aromatic rings. The van der Waals surface area contributed by atoms with E-state index in [1.54, 1.807) is 30.3 Å². The van der Waals surface area contributed by atoms with E-state index in [2.05, 4.69) is 0 Å². The van der Waals surface area contributed by atoms with Crippen LogP contribution in [0.1, 0.15) is 22.1 Å². The molecule has 0 aromatic heterocycles. The van der Waals surface area contributed by atoms with Crippen molar-refractivity contribution < 1.29 is 17.6 Å². The first kappa shape index (κ1) is 13.9. The number of halogens is 5. The van der Waals surface area contributed by atoms with E-state index in [-0.39, 0.29) is 5.56 Å². The van der Waals surface area contributed by atoms with Gasteiger partial charge in [0.05, 0.1) is 10.9 Å². The summed E-state index contributed by atoms with van der Waals surface area (Å²) in [5.41, 5.74) is -0.667. The van der Waals surface area contributed by atoms with Gasteiger partial charge in [-0.05, 0) is 23.3 Å². The van der Waals surface area contributed by atoms with Crippen LogP contribution in [0.25, 0.3) is 0 Å². The summed E-state index contributed by atoms with van der Waals surface area (Å²) in [6, 6.07) is 10.9. The Morgan fingerprint density at radius 1 is 0.947 bits per heavy atom. The Morgan fingerprint density at radius 2 is 1.58 bits per heavy atom. The third-order valence-corrected chi connectivity index (χ3v) is 3.17. The molecule has 0 nitrogen and oxygen atoms in total. The molecule has 0 saturated heterocycles. The second-order valence-corrected chi connectivity index (χ2v) is 4.44. The van der Waals surface area contributed by atoms with Gasteiger partial charge in [-0.25, -0.2) is 4.39 Å². The van der Waals surface area contributed by atoms with E-state index >= 15 is 0 Å². The van der Waals surface area contributed by atoms with Gasteiger partial charge in [0.25, 0.3) is 0 Å². The van der Waals surface area contributed by atoms with Crippen molar-refractivity contribution in [1.29, 1.82) is 0 Å². The number of benzene rings is 2. The van der Waals surface area contributed by atoms with E-state index in [0.717, 1.165) is 12.1 Å². The van der Waals surface area contributed by atoms with Gasteiger partial charge >= 0.3 is 6.18 Å². The summed E-state index contributed by atoms with van der Waals surface area (Å²) in [5, 5.41) is -0.974. The van der Waals surface area contributed by atoms with Crippen molar-refractivity contribution in [1.82, 2.24) is 0 Å². The molecule has 0 spiro atoms. The Morgan fingerprint density at radius 3 is 2.16 bits per heavy atom. The molecular formula is C14H9ClF4. The third-order valence-electron chi connectivity index (χ3n) is 2.69. The van der Waals surface area contributed by atoms with E-state index < -0.39 is 22.9 Å². The molecular weight excluding hydrogens is 280 g/mol. The summed E-state index contributed by atoms with van der Waals surface area (Å²) in [6.07, 6.45) is -4.64. The number of hydrogen-bond acceptors (Lipinski definition) is 0. The number of rotatable bonds is 2. The van der Waals surface area contributed by atoms with E-state index in [1.807, 2.05) is 0 Å². The predicted octanol–water partition coefficient (Wildman–Crippen LogP) is 5.17. The van der Waals surface area contributed by atoms with Crippen LogP contribution in [0.15, 0.2) is 48.5 Å². The smallest absolute Gasteiger partial charge is 0.207 e. The van der Waals surface area contributed by atoms with Crippen LogP contribution in [0.5, 0.6) is 0 Å². The van der Waals surface area contributed by atoms with Crippen LogP contribution in [-0.4, -0.2) is 0 Å². The van der Waals surface area contributed by atoms with E-state index in [0.29, 0.717) is 11.6 Å². The fourth-order valence-electron chi connectivity index (χ4n) is 1.80. The highest BCUT2D eigenvalue weighted by Crippen LogP contribution is 2.39. The Bertz CT molecular complexity index is 563. The molecule has 100 valence electrons. The summed E-state index contributed by atoms with van der Waals surface area (Å²) >= 11 is 6.07. The normalized spacial score (nSPS) is 13.3. The van der Waals surface area contributed by atoms with Gasteiger partial charge in [0.15, 0.2) is 0 Å². The first-order valence-corrected chi connectivity index (χ1v) is 5.89. The molecule has 0 saturated carbocycles. The second kappa shape index (κ2) is 5.21. The lowest BCUT2D eigenvalue weighted by atomic mass is 9.99. The number of alkyl halides is 4. The Kier molecular flexibility index (Phi) is 3.80. The van der Waals surface area contributed by atoms with Crippen molar-refractivity contribution in [2.45, 2.75) is 11.6 Å². The minimum Gasteiger partial charge on any atom is -0.207 e. The summed E-state index contributed by atoms with van der Waals surface area (Å²) in [6.45, 7) is 0. The molecule has 2 aromatic carbocycles. The molecule has 0 fully saturated rings. The van der Waals surface area contributed by atoms with Crippen LogP contribution in [0, 0.1) is 5.82 Å². The van der Waals surface area contributed by atoms with Crippen molar-refractivity contribution in [2.24, 2.45) is 0 Å². The molecule has 0 heterocycles. The summed E-state index contributed by atoms with van der Waals surface area (Å²) in [4.78, 5) is 0. The van der Waals surface area contributed by atoms with E-state index in [9.17, 15) is 17.6 Å². The van der Waals surface area contributed by atoms with Crippen molar-refractivity contribution in [3.05, 3.63) is 71.0 Å². The second-order valence-electron chi connectivity index (χ2n) is 4.00. The molecule has 0 N–H and O–H groups in total. The largest absolute Gasteiger partial charge is 0.416 e. The van der Waals surface area contributed by atoms with Crippen molar-refractivity contribution in [2.75, 3.05) is 0 Å². The first-order chi connectivity index (χ1) is 8.89. The average Bonchev–Trinajstić information content (AvgIpc) is 2.38. The zero-order valence-corrected chi connectivity index (χ0v) is 10.3. The maximum atomic E-state index is 13.0. The zero-order chi connectivity index (χ0) is 14.0. The molecule has 0 aliphatic rings. The van der Waals surface area contributed by atoms with Gasteiger partial charge in [0, 0.05) is 0 Å². The minimum atomic E-state index is -4.64. The summed E-state index contributed by atoms with van der Waals surface area (Å²) in [5.74, 6) is -0.937. The van der Waals surface area contributed by atoms with Gasteiger partial charge in [-0.1, -0.05) is 36.4 Å². The quantitative estimate of drug-likeness (QED) is 0.528. The summed E-state index contributed by atoms with van der Waals surface area (Å²) in [7, 11) is 0. The lowest BCUT2D eigenvalue weighted by Crippen LogP contribution is -2.11. The standard InChI is InChI=1S/C14H9ClF4/c15-13(9-4-2-1-3-5-9)11-7-6-10(16)8-12(11)14(17,18)19/h1-8,13H. The van der Waals surface area contributed by atoms with Crippen LogP contribution in [-0.2, 0) is 6.18 Å². The molecule has 2 rings (SSSR count). The van der Waals surface area contributed by atoms with Gasteiger partial charge < -0.3 is 0 Å². The lowest BCUT2D eigenvalue weighted by molar-refractivity contribution is -0.138. The van der Waals surface area contributed by atoms with Gasteiger partial charge in [-0.3, -0.25) is 0 Å². The van der Waals surface area contributed by atoms with E-state index in [1.165, 1.54) is 0 Å². The lowest BCUT2D eigenvalue weighted by Gasteiger charge is -2.17. The first-order valence-electron chi connectivity index (χ1n) is 5.45. The maximum absolute atomic E-state index is 13.0. The van der Waals surface area contributed by atoms with Crippen LogP contribution >= 0.6 is 11.6 Å². The number of hydrogen-bond donors (Lipinski definition) is 0. The SMILES string of the molecule is Fc1ccc(C(Cl)c2ccccc2)c(C(F)(F)F)c1. The highest BCUT2D eigenvalue weighted by atomic mass is 35.5.